The van der Waals surface area contributed by atoms with Gasteiger partial charge < -0.3 is 10.5 Å². The lowest BCUT2D eigenvalue weighted by Gasteiger charge is -2.29. The van der Waals surface area contributed by atoms with Gasteiger partial charge in [0.25, 0.3) is 0 Å². The van der Waals surface area contributed by atoms with Crippen LogP contribution in [-0.4, -0.2) is 18.0 Å². The van der Waals surface area contributed by atoms with Crippen molar-refractivity contribution in [1.29, 1.82) is 5.41 Å². The van der Waals surface area contributed by atoms with Crippen LogP contribution in [0.2, 0.25) is 0 Å². The smallest absolute Gasteiger partial charge is 0.124 e. The molecule has 0 saturated heterocycles. The molecule has 0 unspecified atom stereocenters. The Hall–Kier alpha value is -0.570. The fourth-order valence-electron chi connectivity index (χ4n) is 1.19. The number of nitrogens with one attached hydrogen (secondary N) is 1. The SMILES string of the molecule is CCOC(CC)(CC)C(=N)N. The van der Waals surface area contributed by atoms with Crippen LogP contribution in [-0.2, 0) is 4.74 Å². The van der Waals surface area contributed by atoms with Gasteiger partial charge in [-0.25, -0.2) is 0 Å². The Morgan fingerprint density at radius 1 is 1.36 bits per heavy atom. The maximum atomic E-state index is 7.36. The maximum Gasteiger partial charge on any atom is 0.124 e. The van der Waals surface area contributed by atoms with Gasteiger partial charge in [0.2, 0.25) is 0 Å². The molecule has 3 heteroatoms. The van der Waals surface area contributed by atoms with E-state index in [-0.39, 0.29) is 5.84 Å². The zero-order valence-electron chi connectivity index (χ0n) is 7.61. The van der Waals surface area contributed by atoms with Gasteiger partial charge in [0.05, 0.1) is 0 Å². The lowest BCUT2D eigenvalue weighted by Crippen LogP contribution is -2.44. The summed E-state index contributed by atoms with van der Waals surface area (Å²) in [7, 11) is 0. The first-order valence-corrected chi connectivity index (χ1v) is 4.11. The number of hydrogen-bond acceptors (Lipinski definition) is 2. The summed E-state index contributed by atoms with van der Waals surface area (Å²) in [5.74, 6) is 0.143. The fourth-order valence-corrected chi connectivity index (χ4v) is 1.19. The molecule has 0 heterocycles. The first kappa shape index (κ1) is 10.4. The lowest BCUT2D eigenvalue weighted by molar-refractivity contribution is 0.00814. The van der Waals surface area contributed by atoms with Gasteiger partial charge in [-0.2, -0.15) is 0 Å². The molecule has 0 saturated carbocycles. The Labute approximate surface area is 68.4 Å². The molecule has 0 aliphatic heterocycles. The van der Waals surface area contributed by atoms with Gasteiger partial charge in [-0.3, -0.25) is 5.41 Å². The van der Waals surface area contributed by atoms with Crippen LogP contribution in [0.1, 0.15) is 33.6 Å². The summed E-state index contributed by atoms with van der Waals surface area (Å²) in [6, 6.07) is 0. The van der Waals surface area contributed by atoms with E-state index in [2.05, 4.69) is 0 Å². The Kier molecular flexibility index (Phi) is 4.11. The number of amidine groups is 1. The topological polar surface area (TPSA) is 59.1 Å². The molecule has 0 bridgehead atoms. The summed E-state index contributed by atoms with van der Waals surface area (Å²) in [5, 5.41) is 7.36. The molecule has 0 fully saturated rings. The minimum Gasteiger partial charge on any atom is -0.385 e. The zero-order chi connectivity index (χ0) is 8.91. The van der Waals surface area contributed by atoms with E-state index < -0.39 is 5.60 Å². The number of rotatable bonds is 5. The van der Waals surface area contributed by atoms with Crippen LogP contribution in [0.4, 0.5) is 0 Å². The van der Waals surface area contributed by atoms with Crippen LogP contribution in [0.15, 0.2) is 0 Å². The Morgan fingerprint density at radius 3 is 1.91 bits per heavy atom. The van der Waals surface area contributed by atoms with E-state index in [0.29, 0.717) is 6.61 Å². The van der Waals surface area contributed by atoms with Gasteiger partial charge in [0, 0.05) is 6.61 Å². The highest BCUT2D eigenvalue weighted by molar-refractivity contribution is 5.86. The van der Waals surface area contributed by atoms with Crippen molar-refractivity contribution >= 4 is 5.84 Å². The number of hydrogen-bond donors (Lipinski definition) is 2. The van der Waals surface area contributed by atoms with Crippen LogP contribution in [0.25, 0.3) is 0 Å². The second kappa shape index (κ2) is 4.34. The molecule has 0 spiro atoms. The van der Waals surface area contributed by atoms with Crippen LogP contribution in [0, 0.1) is 5.41 Å². The summed E-state index contributed by atoms with van der Waals surface area (Å²) in [6.45, 7) is 6.51. The molecular formula is C8H18N2O. The van der Waals surface area contributed by atoms with E-state index in [1.807, 2.05) is 20.8 Å². The van der Waals surface area contributed by atoms with Crippen molar-refractivity contribution in [1.82, 2.24) is 0 Å². The molecule has 11 heavy (non-hydrogen) atoms. The first-order chi connectivity index (χ1) is 5.13. The standard InChI is InChI=1S/C8H18N2O/c1-4-8(5-2,7(9)10)11-6-3/h4-6H2,1-3H3,(H3,9,10). The van der Waals surface area contributed by atoms with Gasteiger partial charge in [0.15, 0.2) is 0 Å². The van der Waals surface area contributed by atoms with Gasteiger partial charge in [0.1, 0.15) is 11.4 Å². The van der Waals surface area contributed by atoms with Crippen molar-refractivity contribution in [3.8, 4) is 0 Å². The Bertz CT molecular complexity index is 130. The van der Waals surface area contributed by atoms with Gasteiger partial charge in [-0.15, -0.1) is 0 Å². The van der Waals surface area contributed by atoms with Crippen molar-refractivity contribution in [3.05, 3.63) is 0 Å². The van der Waals surface area contributed by atoms with Gasteiger partial charge in [-0.05, 0) is 19.8 Å². The fraction of sp³-hybridized carbons (Fsp3) is 0.875. The third-order valence-electron chi connectivity index (χ3n) is 2.05. The number of nitrogens with two attached hydrogens (primary N) is 1. The minimum atomic E-state index is -0.505. The van der Waals surface area contributed by atoms with E-state index in [0.717, 1.165) is 12.8 Å². The molecule has 0 aliphatic carbocycles. The van der Waals surface area contributed by atoms with Crippen LogP contribution >= 0.6 is 0 Å². The van der Waals surface area contributed by atoms with E-state index in [1.54, 1.807) is 0 Å². The summed E-state index contributed by atoms with van der Waals surface area (Å²) >= 11 is 0. The van der Waals surface area contributed by atoms with Crippen LogP contribution in [0.3, 0.4) is 0 Å². The van der Waals surface area contributed by atoms with Gasteiger partial charge in [-0.1, -0.05) is 13.8 Å². The summed E-state index contributed by atoms with van der Waals surface area (Å²) in [5.41, 5.74) is 4.93. The largest absolute Gasteiger partial charge is 0.385 e. The lowest BCUT2D eigenvalue weighted by atomic mass is 9.96. The summed E-state index contributed by atoms with van der Waals surface area (Å²) in [4.78, 5) is 0. The second-order valence-electron chi connectivity index (χ2n) is 2.55. The van der Waals surface area contributed by atoms with Crippen molar-refractivity contribution in [2.75, 3.05) is 6.61 Å². The van der Waals surface area contributed by atoms with E-state index in [4.69, 9.17) is 15.9 Å². The Balaban J connectivity index is 4.32. The van der Waals surface area contributed by atoms with Crippen molar-refractivity contribution in [3.63, 3.8) is 0 Å². The van der Waals surface area contributed by atoms with Crippen molar-refractivity contribution in [2.24, 2.45) is 5.73 Å². The molecule has 0 radical (unpaired) electrons. The monoisotopic (exact) mass is 158 g/mol. The van der Waals surface area contributed by atoms with Crippen LogP contribution < -0.4 is 5.73 Å². The van der Waals surface area contributed by atoms with Crippen LogP contribution in [0.5, 0.6) is 0 Å². The predicted octanol–water partition coefficient (Wildman–Crippen LogP) is 1.52. The molecule has 3 N–H and O–H groups in total. The highest BCUT2D eigenvalue weighted by Crippen LogP contribution is 2.19. The summed E-state index contributed by atoms with van der Waals surface area (Å²) < 4.78 is 5.44. The molecule has 0 atom stereocenters. The highest BCUT2D eigenvalue weighted by atomic mass is 16.5. The third kappa shape index (κ3) is 2.19. The van der Waals surface area contributed by atoms with E-state index >= 15 is 0 Å². The molecule has 66 valence electrons. The Morgan fingerprint density at radius 2 is 1.82 bits per heavy atom. The highest BCUT2D eigenvalue weighted by Gasteiger charge is 2.29. The molecule has 0 amide bonds. The number of ether oxygens (including phenoxy) is 1. The van der Waals surface area contributed by atoms with Gasteiger partial charge >= 0.3 is 0 Å². The molecular weight excluding hydrogens is 140 g/mol. The second-order valence-corrected chi connectivity index (χ2v) is 2.55. The normalized spacial score (nSPS) is 11.5. The van der Waals surface area contributed by atoms with Crippen molar-refractivity contribution in [2.45, 2.75) is 39.2 Å². The quantitative estimate of drug-likeness (QED) is 0.470. The molecule has 0 rings (SSSR count). The maximum absolute atomic E-state index is 7.36. The average molecular weight is 158 g/mol. The molecule has 3 nitrogen and oxygen atoms in total. The average Bonchev–Trinajstić information content (AvgIpc) is 2.00. The van der Waals surface area contributed by atoms with E-state index in [9.17, 15) is 0 Å². The van der Waals surface area contributed by atoms with Crippen molar-refractivity contribution < 1.29 is 4.74 Å². The molecule has 0 aliphatic rings. The molecule has 0 aromatic heterocycles. The zero-order valence-corrected chi connectivity index (χ0v) is 7.61. The predicted molar refractivity (Wildman–Crippen MR) is 46.9 cm³/mol. The molecule has 0 aromatic rings. The molecule has 0 aromatic carbocycles. The summed E-state index contributed by atoms with van der Waals surface area (Å²) in [6.07, 6.45) is 1.54. The minimum absolute atomic E-state index is 0.143. The van der Waals surface area contributed by atoms with E-state index in [1.165, 1.54) is 0 Å². The third-order valence-corrected chi connectivity index (χ3v) is 2.05. The first-order valence-electron chi connectivity index (χ1n) is 4.11.